The van der Waals surface area contributed by atoms with Gasteiger partial charge in [0.1, 0.15) is 0 Å². The second-order valence-electron chi connectivity index (χ2n) is 9.33. The van der Waals surface area contributed by atoms with Crippen molar-refractivity contribution in [2.75, 3.05) is 33.9 Å². The second kappa shape index (κ2) is 9.07. The van der Waals surface area contributed by atoms with Gasteiger partial charge in [0.05, 0.1) is 19.8 Å². The lowest BCUT2D eigenvalue weighted by Crippen LogP contribution is -2.52. The van der Waals surface area contributed by atoms with Gasteiger partial charge in [-0.25, -0.2) is 0 Å². The fourth-order valence-corrected chi connectivity index (χ4v) is 4.78. The smallest absolute Gasteiger partial charge is 0.251 e. The molecule has 4 unspecified atom stereocenters. The number of ether oxygens (including phenoxy) is 2. The summed E-state index contributed by atoms with van der Waals surface area (Å²) in [6.45, 7) is 6.29. The Bertz CT molecular complexity index is 825. The van der Waals surface area contributed by atoms with Crippen molar-refractivity contribution >= 4 is 11.8 Å². The molecule has 1 aliphatic heterocycles. The molecular weight excluding hydrogens is 394 g/mol. The van der Waals surface area contributed by atoms with E-state index >= 15 is 0 Å². The summed E-state index contributed by atoms with van der Waals surface area (Å²) in [5.74, 6) is 2.34. The minimum atomic E-state index is -0.106. The SMILES string of the molecule is CCN(C)C(C)C(=O)N1CC2CC1CC2NC(=O)c1ccc(OC)c(OCC2CC2)c1. The second-order valence-corrected chi connectivity index (χ2v) is 9.33. The van der Waals surface area contributed by atoms with Gasteiger partial charge in [-0.1, -0.05) is 6.92 Å². The van der Waals surface area contributed by atoms with E-state index in [1.807, 2.05) is 18.9 Å². The molecule has 31 heavy (non-hydrogen) atoms. The molecule has 1 heterocycles. The third-order valence-electron chi connectivity index (χ3n) is 7.26. The maximum atomic E-state index is 12.9. The van der Waals surface area contributed by atoms with E-state index in [9.17, 15) is 9.59 Å². The Kier molecular flexibility index (Phi) is 6.42. The van der Waals surface area contributed by atoms with E-state index in [2.05, 4.69) is 17.1 Å². The van der Waals surface area contributed by atoms with Crippen LogP contribution in [-0.2, 0) is 4.79 Å². The number of likely N-dealkylation sites (N-methyl/N-ethyl adjacent to an activating group) is 1. The maximum Gasteiger partial charge on any atom is 0.251 e. The molecule has 2 amide bonds. The summed E-state index contributed by atoms with van der Waals surface area (Å²) in [7, 11) is 3.60. The molecule has 1 aromatic carbocycles. The predicted octanol–water partition coefficient (Wildman–Crippen LogP) is 2.54. The molecule has 4 atom stereocenters. The van der Waals surface area contributed by atoms with Gasteiger partial charge in [-0.2, -0.15) is 0 Å². The third kappa shape index (κ3) is 4.66. The highest BCUT2D eigenvalue weighted by Gasteiger charge is 2.47. The number of hydrogen-bond donors (Lipinski definition) is 1. The highest BCUT2D eigenvalue weighted by Crippen LogP contribution is 2.39. The van der Waals surface area contributed by atoms with Gasteiger partial charge in [0, 0.05) is 24.2 Å². The zero-order valence-corrected chi connectivity index (χ0v) is 19.1. The standard InChI is InChI=1S/C24H35N3O4/c1-5-26(3)15(2)24(29)27-13-18-10-19(27)12-20(18)25-23(28)17-8-9-21(30-4)22(11-17)31-14-16-6-7-16/h8-9,11,15-16,18-20H,5-7,10,12-14H2,1-4H3,(H,25,28). The Morgan fingerprint density at radius 3 is 2.65 bits per heavy atom. The van der Waals surface area contributed by atoms with Crippen LogP contribution in [0.15, 0.2) is 18.2 Å². The largest absolute Gasteiger partial charge is 0.493 e. The molecular formula is C24H35N3O4. The van der Waals surface area contributed by atoms with Gasteiger partial charge in [0.15, 0.2) is 11.5 Å². The fourth-order valence-electron chi connectivity index (χ4n) is 4.78. The van der Waals surface area contributed by atoms with Crippen molar-refractivity contribution in [3.63, 3.8) is 0 Å². The van der Waals surface area contributed by atoms with E-state index in [0.29, 0.717) is 35.5 Å². The molecule has 1 saturated heterocycles. The van der Waals surface area contributed by atoms with Crippen LogP contribution in [0.5, 0.6) is 11.5 Å². The molecule has 1 aromatic rings. The molecule has 2 aliphatic carbocycles. The lowest BCUT2D eigenvalue weighted by atomic mass is 10.0. The summed E-state index contributed by atoms with van der Waals surface area (Å²) in [4.78, 5) is 29.9. The molecule has 4 rings (SSSR count). The van der Waals surface area contributed by atoms with Crippen LogP contribution in [0.25, 0.3) is 0 Å². The summed E-state index contributed by atoms with van der Waals surface area (Å²) < 4.78 is 11.3. The quantitative estimate of drug-likeness (QED) is 0.653. The summed E-state index contributed by atoms with van der Waals surface area (Å²) in [6.07, 6.45) is 4.21. The maximum absolute atomic E-state index is 12.9. The molecule has 1 N–H and O–H groups in total. The molecule has 0 radical (unpaired) electrons. The van der Waals surface area contributed by atoms with E-state index in [1.165, 1.54) is 12.8 Å². The Morgan fingerprint density at radius 2 is 2.03 bits per heavy atom. The first-order valence-corrected chi connectivity index (χ1v) is 11.5. The Labute approximate surface area is 185 Å². The Balaban J connectivity index is 1.35. The zero-order valence-electron chi connectivity index (χ0n) is 19.1. The van der Waals surface area contributed by atoms with E-state index in [0.717, 1.165) is 25.9 Å². The van der Waals surface area contributed by atoms with Crippen molar-refractivity contribution in [2.24, 2.45) is 11.8 Å². The van der Waals surface area contributed by atoms with Gasteiger partial charge >= 0.3 is 0 Å². The van der Waals surface area contributed by atoms with Crippen LogP contribution in [0, 0.1) is 11.8 Å². The lowest BCUT2D eigenvalue weighted by Gasteiger charge is -2.35. The molecule has 2 saturated carbocycles. The number of nitrogens with zero attached hydrogens (tertiary/aromatic N) is 2. The van der Waals surface area contributed by atoms with Crippen molar-refractivity contribution in [1.82, 2.24) is 15.1 Å². The molecule has 170 valence electrons. The van der Waals surface area contributed by atoms with Crippen LogP contribution in [0.1, 0.15) is 49.9 Å². The third-order valence-corrected chi connectivity index (χ3v) is 7.26. The molecule has 7 nitrogen and oxygen atoms in total. The monoisotopic (exact) mass is 429 g/mol. The van der Waals surface area contributed by atoms with Crippen molar-refractivity contribution < 1.29 is 19.1 Å². The highest BCUT2D eigenvalue weighted by atomic mass is 16.5. The topological polar surface area (TPSA) is 71.1 Å². The number of rotatable bonds is 9. The summed E-state index contributed by atoms with van der Waals surface area (Å²) in [5, 5.41) is 3.21. The van der Waals surface area contributed by atoms with E-state index in [1.54, 1.807) is 25.3 Å². The molecule has 7 heteroatoms. The summed E-state index contributed by atoms with van der Waals surface area (Å²) in [6, 6.07) is 5.59. The predicted molar refractivity (Wildman–Crippen MR) is 118 cm³/mol. The van der Waals surface area contributed by atoms with Crippen LogP contribution < -0.4 is 14.8 Å². The van der Waals surface area contributed by atoms with E-state index in [4.69, 9.17) is 9.47 Å². The van der Waals surface area contributed by atoms with Crippen LogP contribution in [0.3, 0.4) is 0 Å². The fraction of sp³-hybridized carbons (Fsp3) is 0.667. The first-order chi connectivity index (χ1) is 14.9. The van der Waals surface area contributed by atoms with Gasteiger partial charge in [-0.3, -0.25) is 14.5 Å². The Morgan fingerprint density at radius 1 is 1.26 bits per heavy atom. The highest BCUT2D eigenvalue weighted by molar-refractivity contribution is 5.95. The number of likely N-dealkylation sites (tertiary alicyclic amines) is 1. The van der Waals surface area contributed by atoms with Crippen LogP contribution in [0.2, 0.25) is 0 Å². The van der Waals surface area contributed by atoms with Crippen molar-refractivity contribution in [3.8, 4) is 11.5 Å². The van der Waals surface area contributed by atoms with Crippen molar-refractivity contribution in [2.45, 2.75) is 57.7 Å². The number of fused-ring (bicyclic) bond motifs is 2. The Hall–Kier alpha value is -2.28. The minimum Gasteiger partial charge on any atom is -0.493 e. The average molecular weight is 430 g/mol. The number of nitrogens with one attached hydrogen (secondary N) is 1. The first kappa shape index (κ1) is 21.9. The van der Waals surface area contributed by atoms with E-state index in [-0.39, 0.29) is 29.9 Å². The molecule has 2 bridgehead atoms. The van der Waals surface area contributed by atoms with Gasteiger partial charge in [-0.05, 0) is 76.2 Å². The van der Waals surface area contributed by atoms with Crippen LogP contribution >= 0.6 is 0 Å². The number of hydrogen-bond acceptors (Lipinski definition) is 5. The molecule has 3 aliphatic rings. The van der Waals surface area contributed by atoms with Crippen LogP contribution in [-0.4, -0.2) is 73.6 Å². The number of methoxy groups -OCH3 is 1. The first-order valence-electron chi connectivity index (χ1n) is 11.5. The summed E-state index contributed by atoms with van der Waals surface area (Å²) in [5.41, 5.74) is 0.584. The molecule has 0 spiro atoms. The van der Waals surface area contributed by atoms with Crippen molar-refractivity contribution in [1.29, 1.82) is 0 Å². The number of carbonyl (C=O) groups is 2. The number of benzene rings is 1. The van der Waals surface area contributed by atoms with Gasteiger partial charge < -0.3 is 19.7 Å². The van der Waals surface area contributed by atoms with Gasteiger partial charge in [0.25, 0.3) is 5.91 Å². The number of piperidine rings is 1. The molecule has 0 aromatic heterocycles. The normalized spacial score (nSPS) is 25.6. The minimum absolute atomic E-state index is 0.0894. The number of carbonyl (C=O) groups excluding carboxylic acids is 2. The zero-order chi connectivity index (χ0) is 22.1. The van der Waals surface area contributed by atoms with Crippen LogP contribution in [0.4, 0.5) is 0 Å². The number of amides is 2. The van der Waals surface area contributed by atoms with Gasteiger partial charge in [0.2, 0.25) is 5.91 Å². The lowest BCUT2D eigenvalue weighted by molar-refractivity contribution is -0.137. The van der Waals surface area contributed by atoms with Gasteiger partial charge in [-0.15, -0.1) is 0 Å². The molecule has 3 fully saturated rings. The van der Waals surface area contributed by atoms with E-state index < -0.39 is 0 Å². The summed E-state index contributed by atoms with van der Waals surface area (Å²) >= 11 is 0. The average Bonchev–Trinajstić information content (AvgIpc) is 3.42. The van der Waals surface area contributed by atoms with Crippen molar-refractivity contribution in [3.05, 3.63) is 23.8 Å².